The Morgan fingerprint density at radius 1 is 1.33 bits per heavy atom. The first-order valence-corrected chi connectivity index (χ1v) is 7.88. The molecule has 7 heteroatoms. The van der Waals surface area contributed by atoms with Crippen molar-refractivity contribution in [1.82, 2.24) is 5.32 Å². The minimum absolute atomic E-state index is 0.117. The number of carboxylic acids is 1. The molecule has 2 unspecified atom stereocenters. The topological polar surface area (TPSA) is 78.4 Å². The monoisotopic (exact) mass is 374 g/mol. The molecule has 2 atom stereocenters. The van der Waals surface area contributed by atoms with Gasteiger partial charge in [0.05, 0.1) is 16.6 Å². The van der Waals surface area contributed by atoms with Crippen molar-refractivity contribution < 1.29 is 14.7 Å². The fourth-order valence-corrected chi connectivity index (χ4v) is 3.20. The Morgan fingerprint density at radius 3 is 2.76 bits per heavy atom. The van der Waals surface area contributed by atoms with Gasteiger partial charge in [0.25, 0.3) is 0 Å². The SMILES string of the molecule is O=C(Nc1ccc(Br)cc1Cl)NC1CCCC(C(=O)O)C1. The summed E-state index contributed by atoms with van der Waals surface area (Å²) >= 11 is 9.32. The van der Waals surface area contributed by atoms with Crippen molar-refractivity contribution in [3.05, 3.63) is 27.7 Å². The Morgan fingerprint density at radius 2 is 2.10 bits per heavy atom. The van der Waals surface area contributed by atoms with E-state index in [-0.39, 0.29) is 18.0 Å². The minimum Gasteiger partial charge on any atom is -0.481 e. The molecule has 21 heavy (non-hydrogen) atoms. The van der Waals surface area contributed by atoms with Crippen LogP contribution in [0.15, 0.2) is 22.7 Å². The minimum atomic E-state index is -0.794. The molecule has 1 aromatic carbocycles. The molecular weight excluding hydrogens is 360 g/mol. The Kier molecular flexibility index (Phi) is 5.47. The predicted octanol–water partition coefficient (Wildman–Crippen LogP) is 3.87. The molecule has 3 N–H and O–H groups in total. The van der Waals surface area contributed by atoms with E-state index < -0.39 is 5.97 Å². The Hall–Kier alpha value is -1.27. The van der Waals surface area contributed by atoms with Crippen LogP contribution in [0.2, 0.25) is 5.02 Å². The average molecular weight is 376 g/mol. The molecule has 1 saturated carbocycles. The second kappa shape index (κ2) is 7.13. The van der Waals surface area contributed by atoms with Crippen molar-refractivity contribution >= 4 is 45.2 Å². The van der Waals surface area contributed by atoms with Gasteiger partial charge in [0.15, 0.2) is 0 Å². The maximum absolute atomic E-state index is 12.0. The lowest BCUT2D eigenvalue weighted by Gasteiger charge is -2.27. The molecular formula is C14H16BrClN2O3. The van der Waals surface area contributed by atoms with Gasteiger partial charge in [-0.1, -0.05) is 34.0 Å². The van der Waals surface area contributed by atoms with E-state index in [9.17, 15) is 9.59 Å². The number of anilines is 1. The summed E-state index contributed by atoms with van der Waals surface area (Å²) in [6.07, 6.45) is 2.75. The quantitative estimate of drug-likeness (QED) is 0.750. The van der Waals surface area contributed by atoms with Crippen LogP contribution in [0.3, 0.4) is 0 Å². The third-order valence-corrected chi connectivity index (χ3v) is 4.34. The fraction of sp³-hybridized carbons (Fsp3) is 0.429. The van der Waals surface area contributed by atoms with E-state index in [2.05, 4.69) is 26.6 Å². The Bertz CT molecular complexity index is 553. The zero-order chi connectivity index (χ0) is 15.4. The number of nitrogens with one attached hydrogen (secondary N) is 2. The van der Waals surface area contributed by atoms with Crippen molar-refractivity contribution in [3.63, 3.8) is 0 Å². The molecule has 1 fully saturated rings. The number of aliphatic carboxylic acids is 1. The van der Waals surface area contributed by atoms with E-state index >= 15 is 0 Å². The van der Waals surface area contributed by atoms with Crippen molar-refractivity contribution in [1.29, 1.82) is 0 Å². The van der Waals surface area contributed by atoms with Crippen LogP contribution in [0.5, 0.6) is 0 Å². The second-order valence-electron chi connectivity index (χ2n) is 5.12. The maximum atomic E-state index is 12.0. The number of carbonyl (C=O) groups is 2. The molecule has 0 radical (unpaired) electrons. The molecule has 2 rings (SSSR count). The van der Waals surface area contributed by atoms with Crippen LogP contribution in [0.25, 0.3) is 0 Å². The van der Waals surface area contributed by atoms with Crippen LogP contribution in [0, 0.1) is 5.92 Å². The molecule has 0 heterocycles. The molecule has 1 aliphatic rings. The molecule has 0 aliphatic heterocycles. The van der Waals surface area contributed by atoms with Crippen molar-refractivity contribution in [2.24, 2.45) is 5.92 Å². The Balaban J connectivity index is 1.91. The van der Waals surface area contributed by atoms with Crippen LogP contribution in [-0.4, -0.2) is 23.1 Å². The second-order valence-corrected chi connectivity index (χ2v) is 6.44. The number of carbonyl (C=O) groups excluding carboxylic acids is 1. The number of rotatable bonds is 3. The highest BCUT2D eigenvalue weighted by molar-refractivity contribution is 9.10. The number of halogens is 2. The van der Waals surface area contributed by atoms with Gasteiger partial charge in [-0.15, -0.1) is 0 Å². The third-order valence-electron chi connectivity index (χ3n) is 3.54. The van der Waals surface area contributed by atoms with Crippen molar-refractivity contribution in [2.45, 2.75) is 31.7 Å². The van der Waals surface area contributed by atoms with Crippen molar-refractivity contribution in [2.75, 3.05) is 5.32 Å². The van der Waals surface area contributed by atoms with Gasteiger partial charge in [0, 0.05) is 10.5 Å². The average Bonchev–Trinajstić information content (AvgIpc) is 2.42. The van der Waals surface area contributed by atoms with Gasteiger partial charge in [-0.25, -0.2) is 4.79 Å². The molecule has 0 bridgehead atoms. The van der Waals surface area contributed by atoms with Gasteiger partial charge in [-0.3, -0.25) is 4.79 Å². The molecule has 1 aliphatic carbocycles. The summed E-state index contributed by atoms with van der Waals surface area (Å²) in [5.74, 6) is -1.17. The van der Waals surface area contributed by atoms with Crippen LogP contribution >= 0.6 is 27.5 Å². The highest BCUT2D eigenvalue weighted by Crippen LogP contribution is 2.26. The van der Waals surface area contributed by atoms with Gasteiger partial charge in [-0.05, 0) is 37.5 Å². The summed E-state index contributed by atoms with van der Waals surface area (Å²) in [6.45, 7) is 0. The number of hydrogen-bond acceptors (Lipinski definition) is 2. The number of carboxylic acid groups (broad SMARTS) is 1. The lowest BCUT2D eigenvalue weighted by molar-refractivity contribution is -0.143. The van der Waals surface area contributed by atoms with Crippen LogP contribution in [-0.2, 0) is 4.79 Å². The smallest absolute Gasteiger partial charge is 0.319 e. The molecule has 5 nitrogen and oxygen atoms in total. The van der Waals surface area contributed by atoms with Gasteiger partial charge in [0.2, 0.25) is 0 Å². The zero-order valence-electron chi connectivity index (χ0n) is 11.2. The number of urea groups is 1. The van der Waals surface area contributed by atoms with Crippen LogP contribution in [0.4, 0.5) is 10.5 Å². The zero-order valence-corrected chi connectivity index (χ0v) is 13.6. The standard InChI is InChI=1S/C14H16BrClN2O3/c15-9-4-5-12(11(16)7-9)18-14(21)17-10-3-1-2-8(6-10)13(19)20/h4-5,7-8,10H,1-3,6H2,(H,19,20)(H2,17,18,21). The summed E-state index contributed by atoms with van der Waals surface area (Å²) in [4.78, 5) is 23.0. The molecule has 1 aromatic rings. The van der Waals surface area contributed by atoms with Gasteiger partial charge >= 0.3 is 12.0 Å². The lowest BCUT2D eigenvalue weighted by Crippen LogP contribution is -2.42. The molecule has 114 valence electrons. The summed E-state index contributed by atoms with van der Waals surface area (Å²) in [7, 11) is 0. The maximum Gasteiger partial charge on any atom is 0.319 e. The normalized spacial score (nSPS) is 21.6. The van der Waals surface area contributed by atoms with Gasteiger partial charge in [-0.2, -0.15) is 0 Å². The first-order valence-electron chi connectivity index (χ1n) is 6.71. The molecule has 0 spiro atoms. The number of amides is 2. The number of benzene rings is 1. The van der Waals surface area contributed by atoms with Gasteiger partial charge in [0.1, 0.15) is 0 Å². The van der Waals surface area contributed by atoms with E-state index in [4.69, 9.17) is 16.7 Å². The lowest BCUT2D eigenvalue weighted by atomic mass is 9.86. The summed E-state index contributed by atoms with van der Waals surface area (Å²) < 4.78 is 0.829. The molecule has 2 amide bonds. The summed E-state index contributed by atoms with van der Waals surface area (Å²) in [5, 5.41) is 15.0. The summed E-state index contributed by atoms with van der Waals surface area (Å²) in [6, 6.07) is 4.69. The van der Waals surface area contributed by atoms with E-state index in [0.29, 0.717) is 23.6 Å². The first-order chi connectivity index (χ1) is 9.95. The third kappa shape index (κ3) is 4.61. The van der Waals surface area contributed by atoms with E-state index in [1.807, 2.05) is 0 Å². The predicted molar refractivity (Wildman–Crippen MR) is 84.7 cm³/mol. The largest absolute Gasteiger partial charge is 0.481 e. The number of hydrogen-bond donors (Lipinski definition) is 3. The van der Waals surface area contributed by atoms with E-state index in [1.54, 1.807) is 18.2 Å². The Labute approximate surface area is 136 Å². The van der Waals surface area contributed by atoms with E-state index in [1.165, 1.54) is 0 Å². The highest BCUT2D eigenvalue weighted by Gasteiger charge is 2.27. The highest BCUT2D eigenvalue weighted by atomic mass is 79.9. The van der Waals surface area contributed by atoms with Gasteiger partial charge < -0.3 is 15.7 Å². The van der Waals surface area contributed by atoms with Crippen LogP contribution in [0.1, 0.15) is 25.7 Å². The van der Waals surface area contributed by atoms with Crippen molar-refractivity contribution in [3.8, 4) is 0 Å². The summed E-state index contributed by atoms with van der Waals surface area (Å²) in [5.41, 5.74) is 0.517. The molecule has 0 aromatic heterocycles. The molecule has 0 saturated heterocycles. The van der Waals surface area contributed by atoms with E-state index in [0.717, 1.165) is 17.3 Å². The first kappa shape index (κ1) is 16.1. The van der Waals surface area contributed by atoms with Crippen LogP contribution < -0.4 is 10.6 Å². The fourth-order valence-electron chi connectivity index (χ4n) is 2.48.